The van der Waals surface area contributed by atoms with Crippen LogP contribution in [0.15, 0.2) is 42.5 Å². The summed E-state index contributed by atoms with van der Waals surface area (Å²) in [6.07, 6.45) is 5.29. The van der Waals surface area contributed by atoms with Gasteiger partial charge in [-0.15, -0.1) is 0 Å². The number of benzene rings is 2. The van der Waals surface area contributed by atoms with Gasteiger partial charge >= 0.3 is 0 Å². The number of unbranched alkanes of at least 4 members (excludes halogenated alkanes) is 2. The molecule has 2 heterocycles. The van der Waals surface area contributed by atoms with Gasteiger partial charge in [0.25, 0.3) is 0 Å². The maximum atomic E-state index is 14.5. The maximum absolute atomic E-state index is 14.5. The Kier molecular flexibility index (Phi) is 9.36. The summed E-state index contributed by atoms with van der Waals surface area (Å²) in [6.45, 7) is 3.84. The molecule has 0 atom stereocenters. The first-order valence-electron chi connectivity index (χ1n) is 11.9. The van der Waals surface area contributed by atoms with Crippen LogP contribution in [0.2, 0.25) is 0 Å². The maximum Gasteiger partial charge on any atom is 0.165 e. The highest BCUT2D eigenvalue weighted by Crippen LogP contribution is 2.27. The van der Waals surface area contributed by atoms with E-state index in [-0.39, 0.29) is 24.1 Å². The lowest BCUT2D eigenvalue weighted by Crippen LogP contribution is -2.08. The van der Waals surface area contributed by atoms with Crippen LogP contribution in [0.3, 0.4) is 0 Å². The zero-order valence-electron chi connectivity index (χ0n) is 19.0. The highest BCUT2D eigenvalue weighted by molar-refractivity contribution is 5.65. The van der Waals surface area contributed by atoms with Crippen LogP contribution < -0.4 is 9.47 Å². The van der Waals surface area contributed by atoms with E-state index in [2.05, 4.69) is 0 Å². The van der Waals surface area contributed by atoms with Crippen molar-refractivity contribution >= 4 is 0 Å². The van der Waals surface area contributed by atoms with Gasteiger partial charge in [-0.1, -0.05) is 18.2 Å². The van der Waals surface area contributed by atoms with Crippen molar-refractivity contribution in [1.29, 1.82) is 0 Å². The van der Waals surface area contributed by atoms with Crippen molar-refractivity contribution in [3.05, 3.63) is 48.3 Å². The van der Waals surface area contributed by atoms with Crippen molar-refractivity contribution in [3.63, 3.8) is 0 Å². The average molecular weight is 461 g/mol. The summed E-state index contributed by atoms with van der Waals surface area (Å²) >= 11 is 0. The fraction of sp³-hybridized carbons (Fsp3) is 0.538. The Morgan fingerprint density at radius 1 is 0.667 bits per heavy atom. The fourth-order valence-electron chi connectivity index (χ4n) is 3.89. The van der Waals surface area contributed by atoms with Crippen molar-refractivity contribution in [2.75, 3.05) is 39.6 Å². The molecule has 2 aromatic rings. The summed E-state index contributed by atoms with van der Waals surface area (Å²) in [5.41, 5.74) is 1.73. The van der Waals surface area contributed by atoms with Crippen molar-refractivity contribution in [2.45, 2.75) is 51.1 Å². The van der Waals surface area contributed by atoms with E-state index in [0.29, 0.717) is 39.6 Å². The summed E-state index contributed by atoms with van der Waals surface area (Å²) in [7, 11) is 0. The smallest absolute Gasteiger partial charge is 0.165 e. The number of ether oxygens (including phenoxy) is 6. The minimum Gasteiger partial charge on any atom is -0.494 e. The molecule has 7 heteroatoms. The van der Waals surface area contributed by atoms with Crippen LogP contribution >= 0.6 is 0 Å². The molecule has 2 saturated heterocycles. The molecule has 6 nitrogen and oxygen atoms in total. The highest BCUT2D eigenvalue weighted by atomic mass is 19.1. The van der Waals surface area contributed by atoms with Gasteiger partial charge in [-0.05, 0) is 73.9 Å². The Morgan fingerprint density at radius 2 is 1.21 bits per heavy atom. The SMILES string of the molecule is Fc1cc(-c2ccc(OCCCCC3OCCO3)cc2)ccc1OCCCCC1OCCO1. The van der Waals surface area contributed by atoms with Crippen molar-refractivity contribution < 1.29 is 32.8 Å². The molecular weight excluding hydrogens is 427 g/mol. The highest BCUT2D eigenvalue weighted by Gasteiger charge is 2.15. The van der Waals surface area contributed by atoms with Crippen LogP contribution in [0, 0.1) is 5.82 Å². The van der Waals surface area contributed by atoms with Crippen molar-refractivity contribution in [1.82, 2.24) is 0 Å². The van der Waals surface area contributed by atoms with Gasteiger partial charge in [-0.2, -0.15) is 0 Å². The first-order valence-corrected chi connectivity index (χ1v) is 11.9. The van der Waals surface area contributed by atoms with E-state index in [1.54, 1.807) is 6.07 Å². The summed E-state index contributed by atoms with van der Waals surface area (Å²) in [6, 6.07) is 12.8. The van der Waals surface area contributed by atoms with Crippen molar-refractivity contribution in [2.24, 2.45) is 0 Å². The molecule has 2 aliphatic heterocycles. The molecule has 0 radical (unpaired) electrons. The zero-order valence-corrected chi connectivity index (χ0v) is 19.0. The van der Waals surface area contributed by atoms with Crippen LogP contribution in [-0.4, -0.2) is 52.2 Å². The Balaban J connectivity index is 1.16. The van der Waals surface area contributed by atoms with Gasteiger partial charge in [-0.3, -0.25) is 0 Å². The molecule has 0 aromatic heterocycles. The largest absolute Gasteiger partial charge is 0.494 e. The summed E-state index contributed by atoms with van der Waals surface area (Å²) in [4.78, 5) is 0. The Labute approximate surface area is 194 Å². The average Bonchev–Trinajstić information content (AvgIpc) is 3.54. The predicted molar refractivity (Wildman–Crippen MR) is 122 cm³/mol. The topological polar surface area (TPSA) is 55.4 Å². The Bertz CT molecular complexity index is 831. The molecule has 0 bridgehead atoms. The quantitative estimate of drug-likeness (QED) is 0.376. The number of hydrogen-bond donors (Lipinski definition) is 0. The van der Waals surface area contributed by atoms with E-state index in [1.807, 2.05) is 30.3 Å². The fourth-order valence-corrected chi connectivity index (χ4v) is 3.89. The number of halogens is 1. The summed E-state index contributed by atoms with van der Waals surface area (Å²) in [5, 5.41) is 0. The van der Waals surface area contributed by atoms with E-state index in [9.17, 15) is 4.39 Å². The summed E-state index contributed by atoms with van der Waals surface area (Å²) in [5.74, 6) is 0.729. The molecule has 0 aliphatic carbocycles. The van der Waals surface area contributed by atoms with Crippen molar-refractivity contribution in [3.8, 4) is 22.6 Å². The molecule has 0 unspecified atom stereocenters. The minimum absolute atomic E-state index is 0.0479. The molecular formula is C26H33FO6. The minimum atomic E-state index is -0.356. The monoisotopic (exact) mass is 460 g/mol. The first-order chi connectivity index (χ1) is 16.3. The van der Waals surface area contributed by atoms with Gasteiger partial charge in [0.05, 0.1) is 39.6 Å². The summed E-state index contributed by atoms with van der Waals surface area (Å²) < 4.78 is 47.6. The lowest BCUT2D eigenvalue weighted by molar-refractivity contribution is -0.0485. The van der Waals surface area contributed by atoms with Gasteiger partial charge in [0.1, 0.15) is 5.75 Å². The van der Waals surface area contributed by atoms with Gasteiger partial charge in [0.15, 0.2) is 24.1 Å². The van der Waals surface area contributed by atoms with Crippen LogP contribution in [0.1, 0.15) is 38.5 Å². The van der Waals surface area contributed by atoms with Gasteiger partial charge in [0.2, 0.25) is 0 Å². The van der Waals surface area contributed by atoms with E-state index in [1.165, 1.54) is 6.07 Å². The molecule has 2 aromatic carbocycles. The van der Waals surface area contributed by atoms with E-state index >= 15 is 0 Å². The molecule has 0 amide bonds. The van der Waals surface area contributed by atoms with Crippen LogP contribution in [0.4, 0.5) is 4.39 Å². The lowest BCUT2D eigenvalue weighted by Gasteiger charge is -2.11. The van der Waals surface area contributed by atoms with E-state index in [0.717, 1.165) is 55.4 Å². The third-order valence-corrected chi connectivity index (χ3v) is 5.70. The molecule has 2 aliphatic rings. The molecule has 33 heavy (non-hydrogen) atoms. The van der Waals surface area contributed by atoms with Crippen LogP contribution in [0.25, 0.3) is 11.1 Å². The van der Waals surface area contributed by atoms with Gasteiger partial charge in [0, 0.05) is 0 Å². The van der Waals surface area contributed by atoms with Crippen LogP contribution in [-0.2, 0) is 18.9 Å². The lowest BCUT2D eigenvalue weighted by atomic mass is 10.1. The third-order valence-electron chi connectivity index (χ3n) is 5.70. The molecule has 2 fully saturated rings. The molecule has 180 valence electrons. The molecule has 0 saturated carbocycles. The van der Waals surface area contributed by atoms with Crippen LogP contribution in [0.5, 0.6) is 11.5 Å². The second kappa shape index (κ2) is 12.9. The van der Waals surface area contributed by atoms with Gasteiger partial charge < -0.3 is 28.4 Å². The van der Waals surface area contributed by atoms with Gasteiger partial charge in [-0.25, -0.2) is 4.39 Å². The standard InChI is InChI=1S/C26H33FO6/c27-23-19-21(9-12-24(23)29-14-4-2-6-26-32-17-18-33-26)20-7-10-22(11-8-20)28-13-3-1-5-25-30-15-16-31-25/h7-12,19,25-26H,1-6,13-18H2. The third kappa shape index (κ3) is 7.67. The normalized spacial score (nSPS) is 17.0. The molecule has 4 rings (SSSR count). The van der Waals surface area contributed by atoms with E-state index in [4.69, 9.17) is 28.4 Å². The van der Waals surface area contributed by atoms with E-state index < -0.39 is 0 Å². The first kappa shape index (κ1) is 24.0. The molecule has 0 spiro atoms. The zero-order chi connectivity index (χ0) is 22.7. The number of hydrogen-bond acceptors (Lipinski definition) is 6. The number of rotatable bonds is 13. The second-order valence-electron chi connectivity index (χ2n) is 8.20. The Hall–Kier alpha value is -2.19. The predicted octanol–water partition coefficient (Wildman–Crippen LogP) is 5.34. The second-order valence-corrected chi connectivity index (χ2v) is 8.20. The molecule has 0 N–H and O–H groups in total. The Morgan fingerprint density at radius 3 is 1.79 bits per heavy atom.